The Morgan fingerprint density at radius 2 is 1.69 bits per heavy atom. The van der Waals surface area contributed by atoms with Crippen LogP contribution in [0.4, 0.5) is 0 Å². The van der Waals surface area contributed by atoms with E-state index in [0.29, 0.717) is 13.2 Å². The van der Waals surface area contributed by atoms with Gasteiger partial charge >= 0.3 is 161 Å². The van der Waals surface area contributed by atoms with Crippen LogP contribution >= 0.6 is 0 Å². The molecule has 1 N–H and O–H groups in total. The zero-order valence-electron chi connectivity index (χ0n) is 15.4. The number of hydrogen-bond donors (Lipinski definition) is 1. The fraction of sp³-hybridized carbons (Fsp3) is 0.381. The molecule has 0 bridgehead atoms. The summed E-state index contributed by atoms with van der Waals surface area (Å²) in [5.74, 6) is -0.586. The third kappa shape index (κ3) is 5.42. The van der Waals surface area contributed by atoms with Crippen molar-refractivity contribution in [1.29, 1.82) is 0 Å². The van der Waals surface area contributed by atoms with Crippen molar-refractivity contribution < 1.29 is 19.4 Å². The monoisotopic (exact) mass is 422 g/mol. The van der Waals surface area contributed by atoms with Gasteiger partial charge in [-0.05, 0) is 0 Å². The van der Waals surface area contributed by atoms with Gasteiger partial charge in [-0.2, -0.15) is 0 Å². The predicted molar refractivity (Wildman–Crippen MR) is 103 cm³/mol. The SMILES string of the molecule is COC(=O)C(C)([Se]c1ccccc1)[C@H](O)[C@@H](C)COCc1ccccc1. The number of carbonyl (C=O) groups excluding carboxylic acids is 1. The second-order valence-electron chi connectivity index (χ2n) is 6.44. The van der Waals surface area contributed by atoms with Gasteiger partial charge in [0, 0.05) is 0 Å². The van der Waals surface area contributed by atoms with E-state index >= 15 is 0 Å². The third-order valence-electron chi connectivity index (χ3n) is 4.26. The molecule has 4 nitrogen and oxygen atoms in total. The van der Waals surface area contributed by atoms with Crippen LogP contribution in [0.15, 0.2) is 60.7 Å². The first kappa shape index (κ1) is 20.7. The standard InChI is InChI=1S/C21H26O4Se/c1-16(14-25-15-17-10-6-4-7-11-17)19(22)21(2,20(23)24-3)26-18-12-8-5-9-13-18/h4-13,16,19,22H,14-15H2,1-3H3/t16-,19+,21?/m0/s1. The molecule has 1 unspecified atom stereocenters. The molecule has 0 heterocycles. The normalized spacial score (nSPS) is 15.7. The fourth-order valence-corrected chi connectivity index (χ4v) is 5.46. The number of aliphatic hydroxyl groups excluding tert-OH is 1. The van der Waals surface area contributed by atoms with Gasteiger partial charge in [0.25, 0.3) is 0 Å². The summed E-state index contributed by atoms with van der Waals surface area (Å²) in [5.41, 5.74) is 1.08. The van der Waals surface area contributed by atoms with Crippen molar-refractivity contribution in [3.05, 3.63) is 66.2 Å². The van der Waals surface area contributed by atoms with Crippen molar-refractivity contribution in [2.24, 2.45) is 5.92 Å². The molecular weight excluding hydrogens is 395 g/mol. The average molecular weight is 421 g/mol. The van der Waals surface area contributed by atoms with Crippen LogP contribution in [0.3, 0.4) is 0 Å². The minimum absolute atomic E-state index is 0.201. The molecule has 26 heavy (non-hydrogen) atoms. The van der Waals surface area contributed by atoms with Gasteiger partial charge in [-0.3, -0.25) is 0 Å². The Morgan fingerprint density at radius 1 is 1.12 bits per heavy atom. The van der Waals surface area contributed by atoms with Crippen molar-refractivity contribution >= 4 is 25.4 Å². The van der Waals surface area contributed by atoms with Gasteiger partial charge < -0.3 is 0 Å². The van der Waals surface area contributed by atoms with Gasteiger partial charge in [0.15, 0.2) is 0 Å². The molecule has 5 heteroatoms. The number of aliphatic hydroxyl groups is 1. The Bertz CT molecular complexity index is 677. The van der Waals surface area contributed by atoms with Crippen LogP contribution in [0.25, 0.3) is 0 Å². The van der Waals surface area contributed by atoms with E-state index in [9.17, 15) is 9.90 Å². The molecule has 0 saturated carbocycles. The fourth-order valence-electron chi connectivity index (χ4n) is 2.73. The molecule has 0 amide bonds. The number of carbonyl (C=O) groups is 1. The van der Waals surface area contributed by atoms with Crippen molar-refractivity contribution in [3.63, 3.8) is 0 Å². The summed E-state index contributed by atoms with van der Waals surface area (Å²) in [5, 5.41) is 10.9. The van der Waals surface area contributed by atoms with Crippen LogP contribution in [0.2, 0.25) is 4.31 Å². The van der Waals surface area contributed by atoms with Crippen molar-refractivity contribution in [1.82, 2.24) is 0 Å². The quantitative estimate of drug-likeness (QED) is 0.500. The van der Waals surface area contributed by atoms with E-state index in [2.05, 4.69) is 0 Å². The predicted octanol–water partition coefficient (Wildman–Crippen LogP) is 2.58. The van der Waals surface area contributed by atoms with Crippen molar-refractivity contribution in [3.8, 4) is 0 Å². The number of rotatable bonds is 9. The molecule has 0 saturated heterocycles. The zero-order chi connectivity index (χ0) is 19.0. The number of benzene rings is 2. The number of esters is 1. The molecule has 3 atom stereocenters. The van der Waals surface area contributed by atoms with Crippen LogP contribution in [0, 0.1) is 5.92 Å². The third-order valence-corrected chi connectivity index (χ3v) is 7.07. The van der Waals surface area contributed by atoms with Crippen molar-refractivity contribution in [2.75, 3.05) is 13.7 Å². The first-order valence-electron chi connectivity index (χ1n) is 8.59. The van der Waals surface area contributed by atoms with E-state index in [1.54, 1.807) is 6.92 Å². The minimum atomic E-state index is -0.974. The van der Waals surface area contributed by atoms with Gasteiger partial charge in [-0.15, -0.1) is 0 Å². The molecule has 140 valence electrons. The van der Waals surface area contributed by atoms with Crippen LogP contribution in [0.5, 0.6) is 0 Å². The first-order valence-corrected chi connectivity index (χ1v) is 10.3. The second-order valence-corrected chi connectivity index (χ2v) is 9.63. The van der Waals surface area contributed by atoms with Gasteiger partial charge in [0.05, 0.1) is 0 Å². The summed E-state index contributed by atoms with van der Waals surface area (Å²) < 4.78 is 10.8. The zero-order valence-corrected chi connectivity index (χ0v) is 17.1. The average Bonchev–Trinajstić information content (AvgIpc) is 2.68. The maximum absolute atomic E-state index is 12.5. The van der Waals surface area contributed by atoms with E-state index in [-0.39, 0.29) is 26.8 Å². The Balaban J connectivity index is 2.02. The Kier molecular flexibility index (Phi) is 7.85. The molecule has 0 aliphatic carbocycles. The maximum atomic E-state index is 12.5. The Hall–Kier alpha value is -1.65. The molecule has 0 aromatic heterocycles. The topological polar surface area (TPSA) is 55.8 Å². The molecule has 2 rings (SSSR count). The summed E-state index contributed by atoms with van der Waals surface area (Å²) in [6.07, 6.45) is -0.856. The van der Waals surface area contributed by atoms with Crippen LogP contribution in [0.1, 0.15) is 19.4 Å². The summed E-state index contributed by atoms with van der Waals surface area (Å²) in [4.78, 5) is 12.5. The first-order chi connectivity index (χ1) is 12.5. The molecular formula is C21H26O4Se. The molecule has 0 aliphatic heterocycles. The van der Waals surface area contributed by atoms with E-state index < -0.39 is 10.4 Å². The molecule has 0 aliphatic rings. The van der Waals surface area contributed by atoms with E-state index in [0.717, 1.165) is 10.0 Å². The van der Waals surface area contributed by atoms with Crippen molar-refractivity contribution in [2.45, 2.75) is 30.9 Å². The molecule has 2 aromatic rings. The summed E-state index contributed by atoms with van der Waals surface area (Å²) in [7, 11) is 1.37. The van der Waals surface area contributed by atoms with Crippen LogP contribution in [-0.4, -0.2) is 45.9 Å². The van der Waals surface area contributed by atoms with Gasteiger partial charge in [0.2, 0.25) is 0 Å². The second kappa shape index (κ2) is 9.88. The molecule has 0 radical (unpaired) electrons. The van der Waals surface area contributed by atoms with E-state index in [1.165, 1.54) is 7.11 Å². The number of hydrogen-bond acceptors (Lipinski definition) is 4. The Morgan fingerprint density at radius 3 is 2.27 bits per heavy atom. The summed E-state index contributed by atoms with van der Waals surface area (Å²) >= 11 is -0.269. The molecule has 0 fully saturated rings. The van der Waals surface area contributed by atoms with Crippen LogP contribution in [-0.2, 0) is 20.9 Å². The molecule has 0 spiro atoms. The summed E-state index contributed by atoms with van der Waals surface area (Å²) in [6, 6.07) is 19.7. The van der Waals surface area contributed by atoms with E-state index in [1.807, 2.05) is 67.6 Å². The van der Waals surface area contributed by atoms with Gasteiger partial charge in [-0.1, -0.05) is 0 Å². The number of ether oxygens (including phenoxy) is 2. The van der Waals surface area contributed by atoms with E-state index in [4.69, 9.17) is 9.47 Å². The number of methoxy groups -OCH3 is 1. The van der Waals surface area contributed by atoms with Gasteiger partial charge in [0.1, 0.15) is 0 Å². The molecule has 2 aromatic carbocycles. The van der Waals surface area contributed by atoms with Crippen LogP contribution < -0.4 is 4.46 Å². The van der Waals surface area contributed by atoms with Gasteiger partial charge in [-0.25, -0.2) is 0 Å². The Labute approximate surface area is 161 Å². The summed E-state index contributed by atoms with van der Waals surface area (Å²) in [6.45, 7) is 4.53.